The molecule has 2 rings (SSSR count). The van der Waals surface area contributed by atoms with Crippen molar-refractivity contribution in [3.05, 3.63) is 23.2 Å². The Kier molecular flexibility index (Phi) is 4.67. The Balaban J connectivity index is 2.03. The fourth-order valence-corrected chi connectivity index (χ4v) is 2.93. The molecule has 1 aromatic carbocycles. The maximum absolute atomic E-state index is 11.4. The number of primary sulfonamides is 1. The van der Waals surface area contributed by atoms with Crippen LogP contribution in [-0.4, -0.2) is 27.7 Å². The van der Waals surface area contributed by atoms with Gasteiger partial charge in [0.15, 0.2) is 0 Å². The van der Waals surface area contributed by atoms with Crippen molar-refractivity contribution in [2.75, 3.05) is 13.2 Å². The first-order valence-corrected chi connectivity index (χ1v) is 7.96. The molecule has 1 aromatic rings. The van der Waals surface area contributed by atoms with Crippen molar-refractivity contribution >= 4 is 21.6 Å². The predicted molar refractivity (Wildman–Crippen MR) is 71.9 cm³/mol. The second-order valence-corrected chi connectivity index (χ2v) is 6.37. The zero-order chi connectivity index (χ0) is 13.9. The summed E-state index contributed by atoms with van der Waals surface area (Å²) in [5.41, 5.74) is 0. The van der Waals surface area contributed by atoms with Crippen LogP contribution in [0.1, 0.15) is 19.3 Å². The molecule has 19 heavy (non-hydrogen) atoms. The van der Waals surface area contributed by atoms with Crippen molar-refractivity contribution in [3.8, 4) is 5.75 Å². The molecule has 0 aromatic heterocycles. The highest BCUT2D eigenvalue weighted by molar-refractivity contribution is 7.89. The van der Waals surface area contributed by atoms with Gasteiger partial charge in [0.1, 0.15) is 10.6 Å². The molecular formula is C12H16ClNO4S. The van der Waals surface area contributed by atoms with E-state index in [0.29, 0.717) is 11.6 Å². The summed E-state index contributed by atoms with van der Waals surface area (Å²) in [5, 5.41) is 5.43. The van der Waals surface area contributed by atoms with Gasteiger partial charge >= 0.3 is 0 Å². The molecule has 0 amide bonds. The average Bonchev–Trinajstić information content (AvgIpc) is 2.83. The van der Waals surface area contributed by atoms with Crippen molar-refractivity contribution in [3.63, 3.8) is 0 Å². The molecule has 0 bridgehead atoms. The zero-order valence-electron chi connectivity index (χ0n) is 10.3. The van der Waals surface area contributed by atoms with Gasteiger partial charge in [-0.3, -0.25) is 0 Å². The van der Waals surface area contributed by atoms with Crippen LogP contribution in [0.2, 0.25) is 5.02 Å². The smallest absolute Gasteiger partial charge is 0.241 e. The summed E-state index contributed by atoms with van der Waals surface area (Å²) in [5.74, 6) is 0.227. The molecule has 1 unspecified atom stereocenters. The molecule has 1 fully saturated rings. The van der Waals surface area contributed by atoms with Gasteiger partial charge in [0, 0.05) is 18.1 Å². The molecule has 5 nitrogen and oxygen atoms in total. The summed E-state index contributed by atoms with van der Waals surface area (Å²) in [7, 11) is -3.85. The first kappa shape index (κ1) is 14.6. The quantitative estimate of drug-likeness (QED) is 0.901. The van der Waals surface area contributed by atoms with Crippen LogP contribution in [0.25, 0.3) is 0 Å². The van der Waals surface area contributed by atoms with E-state index in [-0.39, 0.29) is 16.7 Å². The minimum Gasteiger partial charge on any atom is -0.492 e. The third kappa shape index (κ3) is 4.07. The Morgan fingerprint density at radius 3 is 2.89 bits per heavy atom. The van der Waals surface area contributed by atoms with Crippen LogP contribution in [-0.2, 0) is 14.8 Å². The highest BCUT2D eigenvalue weighted by Crippen LogP contribution is 2.27. The summed E-state index contributed by atoms with van der Waals surface area (Å²) in [4.78, 5) is -0.0904. The molecule has 106 valence electrons. The monoisotopic (exact) mass is 305 g/mol. The number of nitrogens with two attached hydrogens (primary N) is 1. The Morgan fingerprint density at radius 2 is 2.26 bits per heavy atom. The van der Waals surface area contributed by atoms with E-state index < -0.39 is 10.0 Å². The topological polar surface area (TPSA) is 78.6 Å². The van der Waals surface area contributed by atoms with Crippen LogP contribution in [0, 0.1) is 0 Å². The van der Waals surface area contributed by atoms with Crippen molar-refractivity contribution in [1.82, 2.24) is 0 Å². The SMILES string of the molecule is NS(=O)(=O)c1cc(Cl)ccc1OCCC1CCCO1. The number of sulfonamides is 1. The van der Waals surface area contributed by atoms with Crippen LogP contribution in [0.3, 0.4) is 0 Å². The van der Waals surface area contributed by atoms with Crippen molar-refractivity contribution < 1.29 is 17.9 Å². The summed E-state index contributed by atoms with van der Waals surface area (Å²) < 4.78 is 33.8. The van der Waals surface area contributed by atoms with Crippen molar-refractivity contribution in [2.24, 2.45) is 5.14 Å². The molecule has 1 aliphatic rings. The predicted octanol–water partition coefficient (Wildman–Crippen LogP) is 1.94. The summed E-state index contributed by atoms with van der Waals surface area (Å²) >= 11 is 5.76. The van der Waals surface area contributed by atoms with Gasteiger partial charge < -0.3 is 9.47 Å². The fourth-order valence-electron chi connectivity index (χ4n) is 2.00. The summed E-state index contributed by atoms with van der Waals surface area (Å²) in [6.45, 7) is 1.17. The molecule has 0 spiro atoms. The second kappa shape index (κ2) is 6.09. The van der Waals surface area contributed by atoms with E-state index in [1.54, 1.807) is 6.07 Å². The van der Waals surface area contributed by atoms with E-state index in [2.05, 4.69) is 0 Å². The summed E-state index contributed by atoms with van der Waals surface area (Å²) in [6, 6.07) is 4.37. The number of benzene rings is 1. The molecule has 1 saturated heterocycles. The Labute approximate surface area is 117 Å². The van der Waals surface area contributed by atoms with Crippen molar-refractivity contribution in [2.45, 2.75) is 30.3 Å². The van der Waals surface area contributed by atoms with Crippen LogP contribution in [0.4, 0.5) is 0 Å². The Hall–Kier alpha value is -0.820. The molecule has 1 heterocycles. The average molecular weight is 306 g/mol. The lowest BCUT2D eigenvalue weighted by atomic mass is 10.2. The number of halogens is 1. The van der Waals surface area contributed by atoms with E-state index >= 15 is 0 Å². The lowest BCUT2D eigenvalue weighted by Crippen LogP contribution is -2.15. The van der Waals surface area contributed by atoms with Gasteiger partial charge in [-0.25, -0.2) is 13.6 Å². The van der Waals surface area contributed by atoms with Gasteiger partial charge in [-0.05, 0) is 31.0 Å². The van der Waals surface area contributed by atoms with Crippen LogP contribution in [0.15, 0.2) is 23.1 Å². The number of hydrogen-bond acceptors (Lipinski definition) is 4. The van der Waals surface area contributed by atoms with E-state index in [1.165, 1.54) is 12.1 Å². The second-order valence-electron chi connectivity index (χ2n) is 4.41. The normalized spacial score (nSPS) is 19.6. The molecule has 0 aliphatic carbocycles. The van der Waals surface area contributed by atoms with Gasteiger partial charge in [-0.2, -0.15) is 0 Å². The molecule has 1 aliphatic heterocycles. The van der Waals surface area contributed by atoms with Gasteiger partial charge in [0.05, 0.1) is 12.7 Å². The van der Waals surface area contributed by atoms with E-state index in [4.69, 9.17) is 26.2 Å². The third-order valence-corrected chi connectivity index (χ3v) is 4.10. The van der Waals surface area contributed by atoms with Gasteiger partial charge in [0.25, 0.3) is 0 Å². The fraction of sp³-hybridized carbons (Fsp3) is 0.500. The van der Waals surface area contributed by atoms with E-state index in [9.17, 15) is 8.42 Å². The van der Waals surface area contributed by atoms with Crippen molar-refractivity contribution in [1.29, 1.82) is 0 Å². The number of rotatable bonds is 5. The summed E-state index contributed by atoms with van der Waals surface area (Å²) in [6.07, 6.45) is 3.01. The minimum absolute atomic E-state index is 0.0904. The lowest BCUT2D eigenvalue weighted by molar-refractivity contribution is 0.0899. The zero-order valence-corrected chi connectivity index (χ0v) is 11.9. The highest BCUT2D eigenvalue weighted by Gasteiger charge is 2.18. The standard InChI is InChI=1S/C12H16ClNO4S/c13-9-3-4-11(12(8-9)19(14,15)16)18-7-5-10-2-1-6-17-10/h3-4,8,10H,1-2,5-7H2,(H2,14,15,16). The Morgan fingerprint density at radius 1 is 1.47 bits per heavy atom. The largest absolute Gasteiger partial charge is 0.492 e. The van der Waals surface area contributed by atoms with E-state index in [1.807, 2.05) is 0 Å². The van der Waals surface area contributed by atoms with Gasteiger partial charge in [-0.15, -0.1) is 0 Å². The van der Waals surface area contributed by atoms with E-state index in [0.717, 1.165) is 25.9 Å². The van der Waals surface area contributed by atoms with Gasteiger partial charge in [0.2, 0.25) is 10.0 Å². The highest BCUT2D eigenvalue weighted by atomic mass is 35.5. The first-order chi connectivity index (χ1) is 8.97. The molecule has 0 radical (unpaired) electrons. The Bertz CT molecular complexity index is 541. The molecule has 7 heteroatoms. The lowest BCUT2D eigenvalue weighted by Gasteiger charge is -2.13. The molecule has 1 atom stereocenters. The van der Waals surface area contributed by atoms with Crippen LogP contribution >= 0.6 is 11.6 Å². The number of ether oxygens (including phenoxy) is 2. The molecular weight excluding hydrogens is 290 g/mol. The maximum atomic E-state index is 11.4. The first-order valence-electron chi connectivity index (χ1n) is 6.03. The minimum atomic E-state index is -3.85. The van der Waals surface area contributed by atoms with Crippen LogP contribution < -0.4 is 9.88 Å². The molecule has 2 N–H and O–H groups in total. The molecule has 0 saturated carbocycles. The maximum Gasteiger partial charge on any atom is 0.241 e. The van der Waals surface area contributed by atoms with Crippen LogP contribution in [0.5, 0.6) is 5.75 Å². The number of hydrogen-bond donors (Lipinski definition) is 1. The van der Waals surface area contributed by atoms with Gasteiger partial charge in [-0.1, -0.05) is 11.6 Å². The third-order valence-electron chi connectivity index (χ3n) is 2.93.